The molecule has 1 amide bonds. The number of benzene rings is 1. The third kappa shape index (κ3) is 3.47. The zero-order chi connectivity index (χ0) is 22.5. The first-order chi connectivity index (χ1) is 16.1. The highest BCUT2D eigenvalue weighted by Gasteiger charge is 2.34. The number of aromatic nitrogens is 3. The van der Waals surface area contributed by atoms with Gasteiger partial charge in [0.05, 0.1) is 17.3 Å². The summed E-state index contributed by atoms with van der Waals surface area (Å²) in [5, 5.41) is 4.84. The van der Waals surface area contributed by atoms with Gasteiger partial charge in [0.2, 0.25) is 6.79 Å². The quantitative estimate of drug-likeness (QED) is 0.658. The Morgan fingerprint density at radius 2 is 2.09 bits per heavy atom. The number of fused-ring (bicyclic) bond motifs is 2. The Labute approximate surface area is 192 Å². The van der Waals surface area contributed by atoms with Crippen molar-refractivity contribution < 1.29 is 14.3 Å². The lowest BCUT2D eigenvalue weighted by Gasteiger charge is -2.35. The smallest absolute Gasteiger partial charge is 0.258 e. The normalized spacial score (nSPS) is 22.4. The Kier molecular flexibility index (Phi) is 4.86. The van der Waals surface area contributed by atoms with E-state index in [-0.39, 0.29) is 24.8 Å². The van der Waals surface area contributed by atoms with Gasteiger partial charge in [0.25, 0.3) is 5.91 Å². The van der Waals surface area contributed by atoms with Crippen molar-refractivity contribution in [3.05, 3.63) is 47.3 Å². The Morgan fingerprint density at radius 1 is 1.18 bits per heavy atom. The van der Waals surface area contributed by atoms with Crippen LogP contribution in [-0.4, -0.2) is 57.9 Å². The van der Waals surface area contributed by atoms with E-state index < -0.39 is 0 Å². The molecule has 3 aliphatic rings. The summed E-state index contributed by atoms with van der Waals surface area (Å²) in [7, 11) is 0. The molecule has 0 bridgehead atoms. The van der Waals surface area contributed by atoms with Crippen molar-refractivity contribution in [2.24, 2.45) is 5.73 Å². The summed E-state index contributed by atoms with van der Waals surface area (Å²) < 4.78 is 12.9. The van der Waals surface area contributed by atoms with Gasteiger partial charge in [0, 0.05) is 43.5 Å². The molecule has 2 N–H and O–H groups in total. The van der Waals surface area contributed by atoms with Crippen LogP contribution in [0.5, 0.6) is 11.5 Å². The summed E-state index contributed by atoms with van der Waals surface area (Å²) in [5.74, 6) is 2.08. The highest BCUT2D eigenvalue weighted by molar-refractivity contribution is 5.98. The zero-order valence-corrected chi connectivity index (χ0v) is 18.7. The zero-order valence-electron chi connectivity index (χ0n) is 18.7. The van der Waals surface area contributed by atoms with Crippen molar-refractivity contribution in [2.75, 3.05) is 31.3 Å². The number of hydrogen-bond acceptors (Lipinski definition) is 7. The first kappa shape index (κ1) is 20.3. The molecular formula is C24H28N6O3. The molecule has 2 saturated heterocycles. The van der Waals surface area contributed by atoms with Crippen LogP contribution in [0.2, 0.25) is 0 Å². The minimum absolute atomic E-state index is 0.0463. The van der Waals surface area contributed by atoms with E-state index in [2.05, 4.69) is 11.8 Å². The van der Waals surface area contributed by atoms with Gasteiger partial charge >= 0.3 is 0 Å². The van der Waals surface area contributed by atoms with Crippen molar-refractivity contribution in [3.63, 3.8) is 0 Å². The number of anilines is 1. The largest absolute Gasteiger partial charge is 0.454 e. The van der Waals surface area contributed by atoms with Gasteiger partial charge in [-0.1, -0.05) is 6.07 Å². The van der Waals surface area contributed by atoms with E-state index in [1.807, 2.05) is 39.9 Å². The van der Waals surface area contributed by atoms with Gasteiger partial charge in [-0.2, -0.15) is 5.10 Å². The van der Waals surface area contributed by atoms with E-state index in [0.29, 0.717) is 23.6 Å². The number of amides is 1. The van der Waals surface area contributed by atoms with Crippen molar-refractivity contribution in [1.82, 2.24) is 19.5 Å². The minimum atomic E-state index is -0.102. The number of para-hydroxylation sites is 1. The Morgan fingerprint density at radius 3 is 2.94 bits per heavy atom. The van der Waals surface area contributed by atoms with Gasteiger partial charge in [-0.3, -0.25) is 4.79 Å². The molecule has 0 saturated carbocycles. The average Bonchev–Trinajstić information content (AvgIpc) is 3.57. The highest BCUT2D eigenvalue weighted by Crippen LogP contribution is 2.39. The van der Waals surface area contributed by atoms with Crippen LogP contribution in [0.1, 0.15) is 53.3 Å². The monoisotopic (exact) mass is 448 g/mol. The molecule has 9 heteroatoms. The molecular weight excluding hydrogens is 420 g/mol. The number of hydrogen-bond donors (Lipinski definition) is 1. The Balaban J connectivity index is 1.33. The molecule has 0 aliphatic carbocycles. The summed E-state index contributed by atoms with van der Waals surface area (Å²) in [4.78, 5) is 22.7. The van der Waals surface area contributed by atoms with E-state index in [0.717, 1.165) is 61.5 Å². The van der Waals surface area contributed by atoms with E-state index in [1.165, 1.54) is 0 Å². The second-order valence-corrected chi connectivity index (χ2v) is 9.16. The van der Waals surface area contributed by atoms with Crippen molar-refractivity contribution in [1.29, 1.82) is 0 Å². The maximum Gasteiger partial charge on any atom is 0.258 e. The van der Waals surface area contributed by atoms with Crippen LogP contribution in [0.4, 0.5) is 5.82 Å². The molecule has 1 aromatic carbocycles. The fourth-order valence-electron chi connectivity index (χ4n) is 5.22. The van der Waals surface area contributed by atoms with Crippen molar-refractivity contribution in [3.8, 4) is 11.5 Å². The number of ether oxygens (including phenoxy) is 2. The summed E-state index contributed by atoms with van der Waals surface area (Å²) in [6.07, 6.45) is 5.90. The predicted molar refractivity (Wildman–Crippen MR) is 123 cm³/mol. The lowest BCUT2D eigenvalue weighted by Crippen LogP contribution is -2.38. The number of carbonyl (C=O) groups is 1. The van der Waals surface area contributed by atoms with E-state index >= 15 is 0 Å². The van der Waals surface area contributed by atoms with Gasteiger partial charge in [0.1, 0.15) is 5.82 Å². The van der Waals surface area contributed by atoms with Gasteiger partial charge in [0.15, 0.2) is 17.1 Å². The summed E-state index contributed by atoms with van der Waals surface area (Å²) in [6, 6.07) is 7.58. The SMILES string of the molecule is Cc1cn2nc(C3CCCCN3C(=O)c3cccc4c3OCO4)cc2nc1N1CCC(N)C1. The summed E-state index contributed by atoms with van der Waals surface area (Å²) in [5.41, 5.74) is 9.39. The van der Waals surface area contributed by atoms with Crippen molar-refractivity contribution >= 4 is 17.4 Å². The first-order valence-corrected chi connectivity index (χ1v) is 11.7. The maximum absolute atomic E-state index is 13.6. The molecule has 3 aromatic rings. The molecule has 3 aliphatic heterocycles. The second-order valence-electron chi connectivity index (χ2n) is 9.16. The third-order valence-corrected chi connectivity index (χ3v) is 6.88. The number of rotatable bonds is 3. The minimum Gasteiger partial charge on any atom is -0.454 e. The van der Waals surface area contributed by atoms with Crippen LogP contribution in [0.3, 0.4) is 0 Å². The first-order valence-electron chi connectivity index (χ1n) is 11.7. The predicted octanol–water partition coefficient (Wildman–Crippen LogP) is 2.67. The molecule has 2 atom stereocenters. The Hall–Kier alpha value is -3.33. The molecule has 2 unspecified atom stereocenters. The van der Waals surface area contributed by atoms with Crippen LogP contribution in [0, 0.1) is 6.92 Å². The number of carbonyl (C=O) groups excluding carboxylic acids is 1. The van der Waals surface area contributed by atoms with Gasteiger partial charge in [-0.25, -0.2) is 9.50 Å². The van der Waals surface area contributed by atoms with Crippen LogP contribution in [0.15, 0.2) is 30.5 Å². The molecule has 2 aromatic heterocycles. The van der Waals surface area contributed by atoms with E-state index in [4.69, 9.17) is 25.3 Å². The summed E-state index contributed by atoms with van der Waals surface area (Å²) >= 11 is 0. The van der Waals surface area contributed by atoms with Gasteiger partial charge in [-0.15, -0.1) is 0 Å². The lowest BCUT2D eigenvalue weighted by molar-refractivity contribution is 0.0601. The maximum atomic E-state index is 13.6. The highest BCUT2D eigenvalue weighted by atomic mass is 16.7. The standard InChI is InChI=1S/C24H28N6O3/c1-15-12-30-21(26-23(15)28-10-8-16(25)13-28)11-18(27-30)19-6-2-3-9-29(19)24(31)17-5-4-7-20-22(17)33-14-32-20/h4-5,7,11-12,16,19H,2-3,6,8-10,13-14,25H2,1H3. The number of piperidine rings is 1. The lowest BCUT2D eigenvalue weighted by atomic mass is 9.98. The molecule has 0 spiro atoms. The molecule has 6 rings (SSSR count). The molecule has 9 nitrogen and oxygen atoms in total. The number of aryl methyl sites for hydroxylation is 1. The van der Waals surface area contributed by atoms with Crippen LogP contribution in [0.25, 0.3) is 5.65 Å². The van der Waals surface area contributed by atoms with Crippen LogP contribution >= 0.6 is 0 Å². The average molecular weight is 449 g/mol. The molecule has 2 fully saturated rings. The Bertz CT molecular complexity index is 1220. The molecule has 172 valence electrons. The van der Waals surface area contributed by atoms with E-state index in [1.54, 1.807) is 0 Å². The van der Waals surface area contributed by atoms with Crippen LogP contribution in [-0.2, 0) is 0 Å². The number of nitrogens with zero attached hydrogens (tertiary/aromatic N) is 5. The van der Waals surface area contributed by atoms with Crippen molar-refractivity contribution in [2.45, 2.75) is 44.7 Å². The summed E-state index contributed by atoms with van der Waals surface area (Å²) in [6.45, 7) is 4.63. The molecule has 5 heterocycles. The van der Waals surface area contributed by atoms with Gasteiger partial charge in [-0.05, 0) is 44.7 Å². The fourth-order valence-corrected chi connectivity index (χ4v) is 5.22. The van der Waals surface area contributed by atoms with E-state index in [9.17, 15) is 4.79 Å². The van der Waals surface area contributed by atoms with Gasteiger partial charge < -0.3 is 25.0 Å². The third-order valence-electron chi connectivity index (χ3n) is 6.88. The second kappa shape index (κ2) is 7.91. The fraction of sp³-hybridized carbons (Fsp3) is 0.458. The number of likely N-dealkylation sites (tertiary alicyclic amines) is 1. The number of nitrogens with two attached hydrogens (primary N) is 1. The molecule has 33 heavy (non-hydrogen) atoms. The molecule has 0 radical (unpaired) electrons. The topological polar surface area (TPSA) is 98.2 Å². The van der Waals surface area contributed by atoms with Crippen LogP contribution < -0.4 is 20.1 Å².